The summed E-state index contributed by atoms with van der Waals surface area (Å²) >= 11 is 0. The van der Waals surface area contributed by atoms with Crippen molar-refractivity contribution in [1.29, 1.82) is 0 Å². The SMILES string of the molecule is Cc1ccc(NC(=O)C(C)C2CNC2)cc1S(=O)(=O)NC1CC1. The second kappa shape index (κ2) is 6.22. The third kappa shape index (κ3) is 3.73. The van der Waals surface area contributed by atoms with Crippen molar-refractivity contribution in [3.05, 3.63) is 23.8 Å². The fraction of sp³-hybridized carbons (Fsp3) is 0.562. The minimum atomic E-state index is -3.53. The molecule has 1 unspecified atom stereocenters. The Morgan fingerprint density at radius 1 is 1.30 bits per heavy atom. The van der Waals surface area contributed by atoms with E-state index in [1.54, 1.807) is 25.1 Å². The first-order chi connectivity index (χ1) is 10.9. The molecule has 1 aromatic rings. The number of carbonyl (C=O) groups excluding carboxylic acids is 1. The van der Waals surface area contributed by atoms with E-state index >= 15 is 0 Å². The average Bonchev–Trinajstić information content (AvgIpc) is 3.21. The highest BCUT2D eigenvalue weighted by atomic mass is 32.2. The lowest BCUT2D eigenvalue weighted by Crippen LogP contribution is -2.48. The van der Waals surface area contributed by atoms with Crippen molar-refractivity contribution < 1.29 is 13.2 Å². The van der Waals surface area contributed by atoms with Crippen molar-refractivity contribution in [1.82, 2.24) is 10.0 Å². The fourth-order valence-corrected chi connectivity index (χ4v) is 4.16. The zero-order valence-electron chi connectivity index (χ0n) is 13.4. The first kappa shape index (κ1) is 16.4. The second-order valence-electron chi connectivity index (χ2n) is 6.57. The predicted molar refractivity (Wildman–Crippen MR) is 88.7 cm³/mol. The Balaban J connectivity index is 1.75. The minimum absolute atomic E-state index is 0.0591. The number of rotatable bonds is 6. The molecule has 0 spiro atoms. The van der Waals surface area contributed by atoms with Gasteiger partial charge in [-0.25, -0.2) is 13.1 Å². The van der Waals surface area contributed by atoms with Crippen LogP contribution in [0.4, 0.5) is 5.69 Å². The van der Waals surface area contributed by atoms with Crippen LogP contribution in [0, 0.1) is 18.8 Å². The van der Waals surface area contributed by atoms with Crippen molar-refractivity contribution in [2.75, 3.05) is 18.4 Å². The van der Waals surface area contributed by atoms with Crippen LogP contribution < -0.4 is 15.4 Å². The van der Waals surface area contributed by atoms with Gasteiger partial charge in [0.1, 0.15) is 0 Å². The number of nitrogens with one attached hydrogen (secondary N) is 3. The van der Waals surface area contributed by atoms with Crippen LogP contribution in [-0.4, -0.2) is 33.5 Å². The summed E-state index contributed by atoms with van der Waals surface area (Å²) in [5.74, 6) is 0.182. The van der Waals surface area contributed by atoms with Crippen LogP contribution in [0.2, 0.25) is 0 Å². The highest BCUT2D eigenvalue weighted by Crippen LogP contribution is 2.26. The van der Waals surface area contributed by atoms with Crippen molar-refractivity contribution >= 4 is 21.6 Å². The van der Waals surface area contributed by atoms with E-state index in [-0.39, 0.29) is 22.8 Å². The number of sulfonamides is 1. The number of hydrogen-bond donors (Lipinski definition) is 3. The molecule has 126 valence electrons. The van der Waals surface area contributed by atoms with E-state index in [0.717, 1.165) is 25.9 Å². The number of benzene rings is 1. The van der Waals surface area contributed by atoms with Crippen LogP contribution in [0.25, 0.3) is 0 Å². The molecule has 0 aromatic heterocycles. The largest absolute Gasteiger partial charge is 0.326 e. The van der Waals surface area contributed by atoms with Gasteiger partial charge in [-0.15, -0.1) is 0 Å². The minimum Gasteiger partial charge on any atom is -0.326 e. The van der Waals surface area contributed by atoms with E-state index in [9.17, 15) is 13.2 Å². The molecule has 23 heavy (non-hydrogen) atoms. The Morgan fingerprint density at radius 2 is 2.00 bits per heavy atom. The molecule has 2 aliphatic rings. The van der Waals surface area contributed by atoms with Gasteiger partial charge < -0.3 is 10.6 Å². The maximum absolute atomic E-state index is 12.4. The smallest absolute Gasteiger partial charge is 0.241 e. The lowest BCUT2D eigenvalue weighted by Gasteiger charge is -2.31. The number of amides is 1. The number of anilines is 1. The third-order valence-corrected chi connectivity index (χ3v) is 6.24. The van der Waals surface area contributed by atoms with Crippen LogP contribution >= 0.6 is 0 Å². The van der Waals surface area contributed by atoms with Crippen LogP contribution in [-0.2, 0) is 14.8 Å². The molecule has 7 heteroatoms. The molecule has 0 bridgehead atoms. The summed E-state index contributed by atoms with van der Waals surface area (Å²) in [5, 5.41) is 5.99. The quantitative estimate of drug-likeness (QED) is 0.729. The van der Waals surface area contributed by atoms with E-state index in [1.807, 2.05) is 6.92 Å². The Kier molecular flexibility index (Phi) is 4.44. The van der Waals surface area contributed by atoms with Gasteiger partial charge >= 0.3 is 0 Å². The van der Waals surface area contributed by atoms with Gasteiger partial charge in [0.05, 0.1) is 4.90 Å². The highest BCUT2D eigenvalue weighted by molar-refractivity contribution is 7.89. The summed E-state index contributed by atoms with van der Waals surface area (Å²) in [4.78, 5) is 12.5. The van der Waals surface area contributed by atoms with Gasteiger partial charge in [0.2, 0.25) is 15.9 Å². The molecule has 1 amide bonds. The summed E-state index contributed by atoms with van der Waals surface area (Å²) in [5.41, 5.74) is 1.20. The summed E-state index contributed by atoms with van der Waals surface area (Å²) in [6, 6.07) is 5.08. The molecule has 1 saturated heterocycles. The first-order valence-electron chi connectivity index (χ1n) is 8.01. The molecule has 1 atom stereocenters. The second-order valence-corrected chi connectivity index (χ2v) is 8.25. The Labute approximate surface area is 137 Å². The molecule has 3 rings (SSSR count). The summed E-state index contributed by atoms with van der Waals surface area (Å²) in [6.07, 6.45) is 1.78. The summed E-state index contributed by atoms with van der Waals surface area (Å²) in [7, 11) is -3.53. The Bertz CT molecular complexity index is 709. The summed E-state index contributed by atoms with van der Waals surface area (Å²) in [6.45, 7) is 5.37. The Morgan fingerprint density at radius 3 is 2.57 bits per heavy atom. The topological polar surface area (TPSA) is 87.3 Å². The van der Waals surface area contributed by atoms with Crippen LogP contribution in [0.3, 0.4) is 0 Å². The van der Waals surface area contributed by atoms with Crippen molar-refractivity contribution in [3.8, 4) is 0 Å². The van der Waals surface area contributed by atoms with E-state index < -0.39 is 10.0 Å². The average molecular weight is 337 g/mol. The third-order valence-electron chi connectivity index (χ3n) is 4.58. The van der Waals surface area contributed by atoms with Crippen molar-refractivity contribution in [3.63, 3.8) is 0 Å². The lowest BCUT2D eigenvalue weighted by molar-refractivity contribution is -0.121. The van der Waals surface area contributed by atoms with Gasteiger partial charge in [-0.1, -0.05) is 13.0 Å². The molecular weight excluding hydrogens is 314 g/mol. The molecular formula is C16H23N3O3S. The Hall–Kier alpha value is -1.44. The molecule has 2 fully saturated rings. The molecule has 0 radical (unpaired) electrons. The van der Waals surface area contributed by atoms with Gasteiger partial charge in [-0.2, -0.15) is 0 Å². The molecule has 1 aliphatic carbocycles. The van der Waals surface area contributed by atoms with Crippen molar-refractivity contribution in [2.45, 2.75) is 37.6 Å². The van der Waals surface area contributed by atoms with E-state index in [2.05, 4.69) is 15.4 Å². The van der Waals surface area contributed by atoms with Crippen LogP contribution in [0.5, 0.6) is 0 Å². The van der Waals surface area contributed by atoms with Gasteiger partial charge in [-0.05, 0) is 56.5 Å². The lowest BCUT2D eigenvalue weighted by atomic mass is 9.88. The molecule has 1 aromatic carbocycles. The predicted octanol–water partition coefficient (Wildman–Crippen LogP) is 1.23. The maximum Gasteiger partial charge on any atom is 0.241 e. The van der Waals surface area contributed by atoms with Gasteiger partial charge in [0, 0.05) is 17.6 Å². The fourth-order valence-electron chi connectivity index (χ4n) is 2.59. The first-order valence-corrected chi connectivity index (χ1v) is 9.50. The number of carbonyl (C=O) groups is 1. The van der Waals surface area contributed by atoms with Crippen molar-refractivity contribution in [2.24, 2.45) is 11.8 Å². The van der Waals surface area contributed by atoms with E-state index in [4.69, 9.17) is 0 Å². The maximum atomic E-state index is 12.4. The number of aryl methyl sites for hydroxylation is 1. The zero-order valence-corrected chi connectivity index (χ0v) is 14.2. The van der Waals surface area contributed by atoms with Crippen LogP contribution in [0.15, 0.2) is 23.1 Å². The standard InChI is InChI=1S/C16H23N3O3S/c1-10-3-4-14(18-16(20)11(2)12-8-17-9-12)7-15(10)23(21,22)19-13-5-6-13/h3-4,7,11-13,17,19H,5-6,8-9H2,1-2H3,(H,18,20). The molecule has 3 N–H and O–H groups in total. The molecule has 6 nitrogen and oxygen atoms in total. The molecule has 1 aliphatic heterocycles. The van der Waals surface area contributed by atoms with Gasteiger partial charge in [0.25, 0.3) is 0 Å². The zero-order chi connectivity index (χ0) is 16.6. The summed E-state index contributed by atoms with van der Waals surface area (Å²) < 4.78 is 27.5. The van der Waals surface area contributed by atoms with E-state index in [0.29, 0.717) is 17.2 Å². The highest BCUT2D eigenvalue weighted by Gasteiger charge is 2.30. The normalized spacial score (nSPS) is 19.9. The van der Waals surface area contributed by atoms with Gasteiger partial charge in [0.15, 0.2) is 0 Å². The van der Waals surface area contributed by atoms with E-state index in [1.165, 1.54) is 0 Å². The number of hydrogen-bond acceptors (Lipinski definition) is 4. The van der Waals surface area contributed by atoms with Crippen LogP contribution in [0.1, 0.15) is 25.3 Å². The molecule has 1 saturated carbocycles. The van der Waals surface area contributed by atoms with Gasteiger partial charge in [-0.3, -0.25) is 4.79 Å². The molecule has 1 heterocycles. The monoisotopic (exact) mass is 337 g/mol.